The number of nitrogens with one attached hydrogen (secondary N) is 1. The third-order valence-electron chi connectivity index (χ3n) is 7.07. The van der Waals surface area contributed by atoms with E-state index in [1.807, 2.05) is 65.2 Å². The van der Waals surface area contributed by atoms with Gasteiger partial charge in [-0.15, -0.1) is 0 Å². The quantitative estimate of drug-likeness (QED) is 0.353. The number of para-hydroxylation sites is 1. The molecule has 0 unspecified atom stereocenters. The van der Waals surface area contributed by atoms with Crippen molar-refractivity contribution in [1.82, 2.24) is 14.9 Å². The summed E-state index contributed by atoms with van der Waals surface area (Å²) >= 11 is 0. The molecule has 2 amide bonds. The summed E-state index contributed by atoms with van der Waals surface area (Å²) in [4.78, 5) is 35.6. The van der Waals surface area contributed by atoms with Gasteiger partial charge in [-0.05, 0) is 48.2 Å². The lowest BCUT2D eigenvalue weighted by molar-refractivity contribution is 0.0943. The normalized spacial score (nSPS) is 12.7. The maximum atomic E-state index is 13.7. The first-order chi connectivity index (χ1) is 18.0. The molecule has 0 fully saturated rings. The van der Waals surface area contributed by atoms with E-state index < -0.39 is 0 Å². The van der Waals surface area contributed by atoms with Crippen LogP contribution in [0, 0.1) is 0 Å². The van der Waals surface area contributed by atoms with Crippen LogP contribution in [-0.4, -0.2) is 48.6 Å². The van der Waals surface area contributed by atoms with Gasteiger partial charge in [0.1, 0.15) is 5.82 Å². The molecule has 1 aromatic heterocycles. The minimum atomic E-state index is -0.185. The Hall–Kier alpha value is -4.13. The molecule has 0 radical (unpaired) electrons. The Morgan fingerprint density at radius 3 is 2.54 bits per heavy atom. The van der Waals surface area contributed by atoms with Crippen LogP contribution in [0.3, 0.4) is 0 Å². The van der Waals surface area contributed by atoms with Gasteiger partial charge in [0.05, 0.1) is 0 Å². The lowest BCUT2D eigenvalue weighted by Crippen LogP contribution is -2.33. The number of rotatable bonds is 8. The van der Waals surface area contributed by atoms with Crippen LogP contribution in [0.25, 0.3) is 10.8 Å². The first-order valence-corrected chi connectivity index (χ1v) is 12.9. The molecule has 1 N–H and O–H groups in total. The number of hydrogen-bond donors (Lipinski definition) is 1. The Morgan fingerprint density at radius 2 is 1.70 bits per heavy atom. The second kappa shape index (κ2) is 10.9. The molecular formula is C30H33N5O2. The number of benzene rings is 3. The highest BCUT2D eigenvalue weighted by Gasteiger charge is 2.29. The zero-order valence-corrected chi connectivity index (χ0v) is 21.5. The smallest absolute Gasteiger partial charge is 0.271 e. The average Bonchev–Trinajstić information content (AvgIpc) is 3.34. The summed E-state index contributed by atoms with van der Waals surface area (Å²) in [6.45, 7) is 2.09. The molecule has 7 nitrogen and oxygen atoms in total. The number of aromatic nitrogens is 2. The molecule has 0 bridgehead atoms. The van der Waals surface area contributed by atoms with Crippen LogP contribution < -0.4 is 15.1 Å². The zero-order valence-electron chi connectivity index (χ0n) is 21.5. The summed E-state index contributed by atoms with van der Waals surface area (Å²) in [7, 11) is 3.76. The monoisotopic (exact) mass is 495 g/mol. The van der Waals surface area contributed by atoms with E-state index in [0.717, 1.165) is 61.1 Å². The molecule has 190 valence electrons. The number of hydrogen-bond acceptors (Lipinski definition) is 4. The van der Waals surface area contributed by atoms with Crippen molar-refractivity contribution in [3.8, 4) is 0 Å². The Labute approximate surface area is 217 Å². The van der Waals surface area contributed by atoms with Gasteiger partial charge in [0.2, 0.25) is 0 Å². The van der Waals surface area contributed by atoms with Crippen LogP contribution in [0.5, 0.6) is 0 Å². The number of aryl methyl sites for hydroxylation is 1. The Kier molecular flexibility index (Phi) is 7.21. The van der Waals surface area contributed by atoms with Crippen molar-refractivity contribution in [2.75, 3.05) is 37.0 Å². The van der Waals surface area contributed by atoms with E-state index in [1.54, 1.807) is 7.05 Å². The molecule has 7 heteroatoms. The van der Waals surface area contributed by atoms with Crippen molar-refractivity contribution in [1.29, 1.82) is 0 Å². The average molecular weight is 496 g/mol. The van der Waals surface area contributed by atoms with Crippen molar-refractivity contribution >= 4 is 34.1 Å². The fraction of sp³-hybridized carbons (Fsp3) is 0.300. The molecule has 1 aliphatic heterocycles. The van der Waals surface area contributed by atoms with E-state index in [4.69, 9.17) is 4.98 Å². The second-order valence-electron chi connectivity index (χ2n) is 9.57. The summed E-state index contributed by atoms with van der Waals surface area (Å²) in [5.74, 6) is 0.933. The van der Waals surface area contributed by atoms with Crippen molar-refractivity contribution in [2.45, 2.75) is 32.2 Å². The molecule has 4 aromatic rings. The summed E-state index contributed by atoms with van der Waals surface area (Å²) in [6.07, 6.45) is 3.63. The molecule has 5 rings (SSSR count). The predicted octanol–water partition coefficient (Wildman–Crippen LogP) is 4.91. The third-order valence-corrected chi connectivity index (χ3v) is 7.07. The van der Waals surface area contributed by atoms with Gasteiger partial charge in [-0.2, -0.15) is 0 Å². The predicted molar refractivity (Wildman–Crippen MR) is 149 cm³/mol. The number of carbonyl (C=O) groups excluding carboxylic acids is 2. The summed E-state index contributed by atoms with van der Waals surface area (Å²) in [5, 5.41) is 4.97. The van der Waals surface area contributed by atoms with Gasteiger partial charge in [0.15, 0.2) is 11.5 Å². The van der Waals surface area contributed by atoms with Gasteiger partial charge < -0.3 is 14.8 Å². The topological polar surface area (TPSA) is 70.5 Å². The molecule has 2 heterocycles. The number of anilines is 2. The molecule has 0 spiro atoms. The standard InChI is InChI=1S/C30H33N5O2/c1-33(23-14-4-3-5-15-23)20-11-19-31-29(36)27-28(32-26-18-8-9-21-35(26)27)34(2)30(37)25-17-10-13-22-12-6-7-16-24(22)25/h3-7,10,12-17H,8-9,11,18-21H2,1-2H3,(H,31,36). The van der Waals surface area contributed by atoms with Crippen LogP contribution in [0.1, 0.15) is 45.9 Å². The summed E-state index contributed by atoms with van der Waals surface area (Å²) in [6, 6.07) is 23.8. The number of amides is 2. The highest BCUT2D eigenvalue weighted by molar-refractivity contribution is 6.15. The summed E-state index contributed by atoms with van der Waals surface area (Å²) < 4.78 is 2.00. The van der Waals surface area contributed by atoms with Crippen LogP contribution >= 0.6 is 0 Å². The minimum absolute atomic E-state index is 0.175. The molecule has 0 aliphatic carbocycles. The highest BCUT2D eigenvalue weighted by atomic mass is 16.2. The minimum Gasteiger partial charge on any atom is -0.375 e. The van der Waals surface area contributed by atoms with Gasteiger partial charge in [0.25, 0.3) is 11.8 Å². The molecule has 37 heavy (non-hydrogen) atoms. The van der Waals surface area contributed by atoms with E-state index in [1.165, 1.54) is 4.90 Å². The van der Waals surface area contributed by atoms with E-state index >= 15 is 0 Å². The van der Waals surface area contributed by atoms with Gasteiger partial charge in [-0.1, -0.05) is 54.6 Å². The second-order valence-corrected chi connectivity index (χ2v) is 9.57. The Morgan fingerprint density at radius 1 is 0.946 bits per heavy atom. The Balaban J connectivity index is 1.34. The van der Waals surface area contributed by atoms with E-state index in [9.17, 15) is 9.59 Å². The lowest BCUT2D eigenvalue weighted by atomic mass is 10.0. The largest absolute Gasteiger partial charge is 0.375 e. The van der Waals surface area contributed by atoms with Crippen molar-refractivity contribution < 1.29 is 9.59 Å². The first kappa shape index (κ1) is 24.6. The van der Waals surface area contributed by atoms with Crippen LogP contribution in [-0.2, 0) is 13.0 Å². The highest BCUT2D eigenvalue weighted by Crippen LogP contribution is 2.28. The summed E-state index contributed by atoms with van der Waals surface area (Å²) in [5.41, 5.74) is 2.22. The number of fused-ring (bicyclic) bond motifs is 2. The van der Waals surface area contributed by atoms with E-state index in [-0.39, 0.29) is 11.8 Å². The molecule has 0 saturated carbocycles. The molecular weight excluding hydrogens is 462 g/mol. The van der Waals surface area contributed by atoms with E-state index in [2.05, 4.69) is 29.4 Å². The van der Waals surface area contributed by atoms with Gasteiger partial charge in [-0.3, -0.25) is 14.5 Å². The maximum absolute atomic E-state index is 13.7. The fourth-order valence-corrected chi connectivity index (χ4v) is 5.03. The SMILES string of the molecule is CN(CCCNC(=O)c1c(N(C)C(=O)c2cccc3ccccc23)nc2n1CCCC2)c1ccccc1. The van der Waals surface area contributed by atoms with Crippen LogP contribution in [0.2, 0.25) is 0 Å². The zero-order chi connectivity index (χ0) is 25.8. The van der Waals surface area contributed by atoms with Gasteiger partial charge in [0, 0.05) is 51.4 Å². The lowest BCUT2D eigenvalue weighted by Gasteiger charge is -2.20. The maximum Gasteiger partial charge on any atom is 0.271 e. The number of imidazole rings is 1. The van der Waals surface area contributed by atoms with Crippen molar-refractivity contribution in [3.05, 3.63) is 89.9 Å². The molecule has 0 saturated heterocycles. The van der Waals surface area contributed by atoms with Crippen molar-refractivity contribution in [3.63, 3.8) is 0 Å². The Bertz CT molecular complexity index is 1410. The third kappa shape index (κ3) is 5.07. The van der Waals surface area contributed by atoms with Crippen molar-refractivity contribution in [2.24, 2.45) is 0 Å². The van der Waals surface area contributed by atoms with Gasteiger partial charge >= 0.3 is 0 Å². The fourth-order valence-electron chi connectivity index (χ4n) is 5.03. The van der Waals surface area contributed by atoms with E-state index in [0.29, 0.717) is 23.6 Å². The first-order valence-electron chi connectivity index (χ1n) is 12.9. The van der Waals surface area contributed by atoms with Crippen LogP contribution in [0.15, 0.2) is 72.8 Å². The van der Waals surface area contributed by atoms with Gasteiger partial charge in [-0.25, -0.2) is 4.98 Å². The van der Waals surface area contributed by atoms with Crippen LogP contribution in [0.4, 0.5) is 11.5 Å². The molecule has 3 aromatic carbocycles. The molecule has 0 atom stereocenters. The number of nitrogens with zero attached hydrogens (tertiary/aromatic N) is 4. The molecule has 1 aliphatic rings. The number of carbonyl (C=O) groups is 2.